The molecule has 2 N–H and O–H groups in total. The van der Waals surface area contributed by atoms with Crippen molar-refractivity contribution >= 4 is 26.6 Å². The van der Waals surface area contributed by atoms with E-state index in [9.17, 15) is 17.2 Å². The molecule has 0 bridgehead atoms. The van der Waals surface area contributed by atoms with E-state index in [0.717, 1.165) is 30.6 Å². The van der Waals surface area contributed by atoms with Gasteiger partial charge in [0, 0.05) is 41.9 Å². The molecule has 4 heterocycles. The number of aromatic nitrogens is 4. The summed E-state index contributed by atoms with van der Waals surface area (Å²) in [6.07, 6.45) is 5.03. The van der Waals surface area contributed by atoms with E-state index in [1.54, 1.807) is 12.4 Å². The quantitative estimate of drug-likeness (QED) is 0.264. The Morgan fingerprint density at radius 1 is 1.12 bits per heavy atom. The van der Waals surface area contributed by atoms with Crippen LogP contribution in [0.25, 0.3) is 33.5 Å². The van der Waals surface area contributed by atoms with Crippen molar-refractivity contribution in [2.45, 2.75) is 24.5 Å². The van der Waals surface area contributed by atoms with E-state index >= 15 is 0 Å². The number of anilines is 1. The summed E-state index contributed by atoms with van der Waals surface area (Å²) < 4.78 is 73.0. The average Bonchev–Trinajstić information content (AvgIpc) is 3.62. The Labute approximate surface area is 239 Å². The fourth-order valence-corrected chi connectivity index (χ4v) is 6.00. The Balaban J connectivity index is 1.35. The van der Waals surface area contributed by atoms with Gasteiger partial charge in [0.15, 0.2) is 0 Å². The number of halogens is 2. The van der Waals surface area contributed by atoms with Crippen LogP contribution in [0.5, 0.6) is 5.88 Å². The van der Waals surface area contributed by atoms with E-state index in [1.807, 2.05) is 19.1 Å². The first kappa shape index (κ1) is 27.8. The smallest absolute Gasteiger partial charge is 0.264 e. The highest BCUT2D eigenvalue weighted by Crippen LogP contribution is 2.36. The normalized spacial score (nSPS) is 16.1. The van der Waals surface area contributed by atoms with Crippen molar-refractivity contribution in [3.8, 4) is 28.5 Å². The molecule has 1 aliphatic heterocycles. The van der Waals surface area contributed by atoms with Gasteiger partial charge in [0.1, 0.15) is 28.0 Å². The van der Waals surface area contributed by atoms with E-state index < -0.39 is 26.6 Å². The summed E-state index contributed by atoms with van der Waals surface area (Å²) in [5.41, 5.74) is 2.48. The molecule has 2 aromatic carbocycles. The molecule has 1 aliphatic rings. The Kier molecular flexibility index (Phi) is 7.35. The fourth-order valence-electron chi connectivity index (χ4n) is 4.89. The molecule has 42 heavy (non-hydrogen) atoms. The standard InChI is InChI=1S/C28H26F2N6O5S/c1-16-14-36(5-6-40-16)15-20-12-32-27(41-20)21-7-17(8-24-22(21)13-33-34-24)18-9-25(28(39-2)31-11-18)35-42(37,38)26-4-3-19(29)10-23(26)30/h3-4,7-13,16,35H,5-6,14-15H2,1-2H3,(H,33,34)/t16-/m1/s1. The van der Waals surface area contributed by atoms with E-state index in [2.05, 4.69) is 29.8 Å². The average molecular weight is 597 g/mol. The molecule has 5 aromatic rings. The van der Waals surface area contributed by atoms with Gasteiger partial charge in [-0.1, -0.05) is 0 Å². The number of nitrogens with one attached hydrogen (secondary N) is 2. The van der Waals surface area contributed by atoms with Crippen LogP contribution in [-0.4, -0.2) is 66.4 Å². The largest absolute Gasteiger partial charge is 0.480 e. The first-order chi connectivity index (χ1) is 20.2. The number of benzene rings is 2. The maximum absolute atomic E-state index is 14.3. The lowest BCUT2D eigenvalue weighted by atomic mass is 10.0. The number of nitrogens with zero attached hydrogens (tertiary/aromatic N) is 4. The summed E-state index contributed by atoms with van der Waals surface area (Å²) >= 11 is 0. The number of aromatic amines is 1. The zero-order valence-corrected chi connectivity index (χ0v) is 23.4. The number of hydrogen-bond acceptors (Lipinski definition) is 9. The zero-order chi connectivity index (χ0) is 29.4. The maximum atomic E-state index is 14.3. The molecule has 0 spiro atoms. The predicted molar refractivity (Wildman–Crippen MR) is 149 cm³/mol. The van der Waals surface area contributed by atoms with Crippen molar-refractivity contribution in [2.24, 2.45) is 0 Å². The number of fused-ring (bicyclic) bond motifs is 1. The number of rotatable bonds is 8. The topological polar surface area (TPSA) is 135 Å². The second kappa shape index (κ2) is 11.1. The van der Waals surface area contributed by atoms with Crippen LogP contribution in [0.3, 0.4) is 0 Å². The summed E-state index contributed by atoms with van der Waals surface area (Å²) in [6, 6.07) is 7.38. The van der Waals surface area contributed by atoms with Gasteiger partial charge in [0.2, 0.25) is 11.8 Å². The number of hydrogen-bond donors (Lipinski definition) is 2. The second-order valence-corrected chi connectivity index (χ2v) is 11.5. The molecule has 11 nitrogen and oxygen atoms in total. The zero-order valence-electron chi connectivity index (χ0n) is 22.6. The lowest BCUT2D eigenvalue weighted by Gasteiger charge is -2.30. The van der Waals surface area contributed by atoms with Crippen LogP contribution in [0.2, 0.25) is 0 Å². The Hall–Kier alpha value is -4.40. The van der Waals surface area contributed by atoms with E-state index in [0.29, 0.717) is 53.1 Å². The molecular weight excluding hydrogens is 570 g/mol. The van der Waals surface area contributed by atoms with E-state index in [1.165, 1.54) is 19.4 Å². The Bertz CT molecular complexity index is 1880. The van der Waals surface area contributed by atoms with Gasteiger partial charge in [-0.05, 0) is 42.8 Å². The van der Waals surface area contributed by atoms with Gasteiger partial charge < -0.3 is 13.9 Å². The minimum Gasteiger partial charge on any atom is -0.480 e. The molecule has 0 unspecified atom stereocenters. The third-order valence-electron chi connectivity index (χ3n) is 6.85. The Morgan fingerprint density at radius 2 is 1.98 bits per heavy atom. The van der Waals surface area contributed by atoms with Crippen LogP contribution in [0, 0.1) is 11.6 Å². The highest BCUT2D eigenvalue weighted by molar-refractivity contribution is 7.92. The molecule has 0 radical (unpaired) electrons. The summed E-state index contributed by atoms with van der Waals surface area (Å²) in [6.45, 7) is 4.88. The van der Waals surface area contributed by atoms with Crippen molar-refractivity contribution in [1.29, 1.82) is 0 Å². The predicted octanol–water partition coefficient (Wildman–Crippen LogP) is 4.59. The van der Waals surface area contributed by atoms with Crippen molar-refractivity contribution < 1.29 is 31.1 Å². The summed E-state index contributed by atoms with van der Waals surface area (Å²) in [4.78, 5) is 10.3. The van der Waals surface area contributed by atoms with Crippen molar-refractivity contribution in [2.75, 3.05) is 31.5 Å². The third kappa shape index (κ3) is 5.55. The van der Waals surface area contributed by atoms with E-state index in [4.69, 9.17) is 13.9 Å². The molecule has 0 amide bonds. The minimum atomic E-state index is -4.45. The molecule has 0 aliphatic carbocycles. The molecule has 14 heteroatoms. The number of ether oxygens (including phenoxy) is 2. The van der Waals surface area contributed by atoms with Gasteiger partial charge >= 0.3 is 0 Å². The van der Waals surface area contributed by atoms with Crippen molar-refractivity contribution in [3.63, 3.8) is 0 Å². The second-order valence-electron chi connectivity index (χ2n) is 9.86. The SMILES string of the molecule is COc1ncc(-c2cc(-c3ncc(CN4CCO[C@H](C)C4)o3)c3cn[nH]c3c2)cc1NS(=O)(=O)c1ccc(F)cc1F. The number of oxazole rings is 1. The number of pyridine rings is 1. The number of sulfonamides is 1. The van der Waals surface area contributed by atoms with Crippen LogP contribution in [0.15, 0.2) is 64.3 Å². The number of morpholine rings is 1. The highest BCUT2D eigenvalue weighted by Gasteiger charge is 2.23. The van der Waals surface area contributed by atoms with Crippen LogP contribution < -0.4 is 9.46 Å². The molecule has 1 fully saturated rings. The molecule has 3 aromatic heterocycles. The monoisotopic (exact) mass is 596 g/mol. The summed E-state index contributed by atoms with van der Waals surface area (Å²) in [7, 11) is -3.12. The van der Waals surface area contributed by atoms with Crippen molar-refractivity contribution in [3.05, 3.63) is 72.4 Å². The maximum Gasteiger partial charge on any atom is 0.264 e. The molecule has 218 valence electrons. The molecule has 6 rings (SSSR count). The molecule has 1 atom stereocenters. The molecule has 1 saturated heterocycles. The molecule has 0 saturated carbocycles. The van der Waals surface area contributed by atoms with Crippen LogP contribution in [0.1, 0.15) is 12.7 Å². The van der Waals surface area contributed by atoms with Gasteiger partial charge in [0.05, 0.1) is 44.3 Å². The number of H-pyrrole nitrogens is 1. The van der Waals surface area contributed by atoms with Crippen LogP contribution in [0.4, 0.5) is 14.5 Å². The van der Waals surface area contributed by atoms with Gasteiger partial charge in [-0.25, -0.2) is 27.2 Å². The first-order valence-corrected chi connectivity index (χ1v) is 14.5. The lowest BCUT2D eigenvalue weighted by Crippen LogP contribution is -2.40. The lowest BCUT2D eigenvalue weighted by molar-refractivity contribution is -0.0230. The summed E-state index contributed by atoms with van der Waals surface area (Å²) in [5.74, 6) is -1.06. The van der Waals surface area contributed by atoms with Gasteiger partial charge in [0.25, 0.3) is 10.0 Å². The van der Waals surface area contributed by atoms with Gasteiger partial charge in [-0.3, -0.25) is 14.7 Å². The third-order valence-corrected chi connectivity index (χ3v) is 8.25. The fraction of sp³-hybridized carbons (Fsp3) is 0.250. The van der Waals surface area contributed by atoms with Crippen LogP contribution >= 0.6 is 0 Å². The Morgan fingerprint density at radius 3 is 2.76 bits per heavy atom. The number of methoxy groups -OCH3 is 1. The van der Waals surface area contributed by atoms with Crippen LogP contribution in [-0.2, 0) is 21.3 Å². The first-order valence-electron chi connectivity index (χ1n) is 13.0. The highest BCUT2D eigenvalue weighted by atomic mass is 32.2. The van der Waals surface area contributed by atoms with Gasteiger partial charge in [-0.2, -0.15) is 5.10 Å². The summed E-state index contributed by atoms with van der Waals surface area (Å²) in [5, 5.41) is 7.90. The molecular formula is C28H26F2N6O5S. The van der Waals surface area contributed by atoms with Gasteiger partial charge in [-0.15, -0.1) is 0 Å². The van der Waals surface area contributed by atoms with E-state index in [-0.39, 0.29) is 17.7 Å². The minimum absolute atomic E-state index is 0.0388. The van der Waals surface area contributed by atoms with Crippen molar-refractivity contribution in [1.82, 2.24) is 25.1 Å².